The minimum Gasteiger partial charge on any atom is -0.313 e. The molecule has 6 heteroatoms. The van der Waals surface area contributed by atoms with E-state index < -0.39 is 10.2 Å². The summed E-state index contributed by atoms with van der Waals surface area (Å²) in [6.07, 6.45) is 5.00. The zero-order chi connectivity index (χ0) is 14.8. The highest BCUT2D eigenvalue weighted by molar-refractivity contribution is 7.87. The summed E-state index contributed by atoms with van der Waals surface area (Å²) in [6, 6.07) is 0.638. The van der Waals surface area contributed by atoms with Gasteiger partial charge in [-0.2, -0.15) is 17.4 Å². The van der Waals surface area contributed by atoms with Crippen molar-refractivity contribution in [2.75, 3.05) is 13.1 Å². The fourth-order valence-corrected chi connectivity index (χ4v) is 4.83. The van der Waals surface area contributed by atoms with Crippen molar-refractivity contribution in [2.45, 2.75) is 71.0 Å². The Morgan fingerprint density at radius 3 is 2.55 bits per heavy atom. The lowest BCUT2D eigenvalue weighted by molar-refractivity contribution is 0.225. The van der Waals surface area contributed by atoms with Gasteiger partial charge in [-0.1, -0.05) is 27.2 Å². The largest absolute Gasteiger partial charge is 0.313 e. The summed E-state index contributed by atoms with van der Waals surface area (Å²) in [5, 5.41) is 3.37. The summed E-state index contributed by atoms with van der Waals surface area (Å²) in [5.41, 5.74) is 0. The summed E-state index contributed by atoms with van der Waals surface area (Å²) < 4.78 is 29.6. The first-order chi connectivity index (χ1) is 9.38. The van der Waals surface area contributed by atoms with E-state index in [-0.39, 0.29) is 12.1 Å². The van der Waals surface area contributed by atoms with Crippen LogP contribution in [0.15, 0.2) is 0 Å². The van der Waals surface area contributed by atoms with Gasteiger partial charge in [-0.3, -0.25) is 0 Å². The van der Waals surface area contributed by atoms with E-state index in [1.165, 1.54) is 0 Å². The van der Waals surface area contributed by atoms with Crippen LogP contribution >= 0.6 is 0 Å². The van der Waals surface area contributed by atoms with E-state index in [9.17, 15) is 8.42 Å². The van der Waals surface area contributed by atoms with E-state index in [2.05, 4.69) is 30.8 Å². The highest BCUT2D eigenvalue weighted by Gasteiger charge is 2.36. The molecule has 2 N–H and O–H groups in total. The minimum absolute atomic E-state index is 0.0983. The van der Waals surface area contributed by atoms with E-state index in [0.717, 1.165) is 38.6 Å². The molecule has 2 rings (SSSR count). The van der Waals surface area contributed by atoms with Crippen molar-refractivity contribution >= 4 is 10.2 Å². The van der Waals surface area contributed by atoms with Gasteiger partial charge in [0.15, 0.2) is 0 Å². The van der Waals surface area contributed by atoms with E-state index in [1.807, 2.05) is 0 Å². The van der Waals surface area contributed by atoms with Crippen LogP contribution in [0.3, 0.4) is 0 Å². The maximum Gasteiger partial charge on any atom is 0.279 e. The summed E-state index contributed by atoms with van der Waals surface area (Å²) in [7, 11) is -3.32. The fourth-order valence-electron chi connectivity index (χ4n) is 3.14. The third-order valence-electron chi connectivity index (χ3n) is 4.33. The molecule has 1 heterocycles. The molecule has 0 aromatic heterocycles. The first-order valence-electron chi connectivity index (χ1n) is 7.91. The Labute approximate surface area is 123 Å². The number of hydrogen-bond donors (Lipinski definition) is 2. The van der Waals surface area contributed by atoms with Gasteiger partial charge in [-0.25, -0.2) is 0 Å². The molecule has 0 spiro atoms. The zero-order valence-electron chi connectivity index (χ0n) is 12.9. The summed E-state index contributed by atoms with van der Waals surface area (Å²) in [6.45, 7) is 7.76. The third kappa shape index (κ3) is 4.16. The maximum atomic E-state index is 12.5. The molecule has 0 aromatic carbocycles. The predicted molar refractivity (Wildman–Crippen MR) is 81.7 cm³/mol. The summed E-state index contributed by atoms with van der Waals surface area (Å²) >= 11 is 0. The average Bonchev–Trinajstić information content (AvgIpc) is 2.34. The van der Waals surface area contributed by atoms with Crippen LogP contribution in [0.5, 0.6) is 0 Å². The van der Waals surface area contributed by atoms with Crippen LogP contribution in [-0.2, 0) is 10.2 Å². The lowest BCUT2D eigenvalue weighted by Crippen LogP contribution is -2.56. The Kier molecular flexibility index (Phi) is 5.45. The Morgan fingerprint density at radius 2 is 1.95 bits per heavy atom. The molecule has 5 nitrogen and oxygen atoms in total. The Morgan fingerprint density at radius 1 is 1.25 bits per heavy atom. The molecule has 1 atom stereocenters. The van der Waals surface area contributed by atoms with E-state index in [0.29, 0.717) is 18.5 Å². The van der Waals surface area contributed by atoms with Crippen molar-refractivity contribution in [1.82, 2.24) is 14.3 Å². The standard InChI is InChI=1S/C14H29N3O2S/c1-11(2)15-10-14-6-4-5-7-17(14)20(18,19)16-13-8-12(3)9-13/h11-16H,4-10H2,1-3H3. The molecule has 118 valence electrons. The molecule has 0 radical (unpaired) electrons. The Hall–Kier alpha value is -0.170. The molecule has 1 unspecified atom stereocenters. The number of hydrogen-bond acceptors (Lipinski definition) is 3. The average molecular weight is 303 g/mol. The van der Waals surface area contributed by atoms with Crippen LogP contribution in [0.1, 0.15) is 52.9 Å². The van der Waals surface area contributed by atoms with Gasteiger partial charge in [0.25, 0.3) is 10.2 Å². The molecule has 0 bridgehead atoms. The summed E-state index contributed by atoms with van der Waals surface area (Å²) in [5.74, 6) is 0.655. The summed E-state index contributed by atoms with van der Waals surface area (Å²) in [4.78, 5) is 0. The van der Waals surface area contributed by atoms with Gasteiger partial charge < -0.3 is 5.32 Å². The van der Waals surface area contributed by atoms with Crippen molar-refractivity contribution in [3.05, 3.63) is 0 Å². The minimum atomic E-state index is -3.32. The Bertz CT molecular complexity index is 405. The number of nitrogens with zero attached hydrogens (tertiary/aromatic N) is 1. The van der Waals surface area contributed by atoms with Crippen molar-refractivity contribution in [1.29, 1.82) is 0 Å². The second kappa shape index (κ2) is 6.73. The van der Waals surface area contributed by atoms with E-state index in [1.54, 1.807) is 4.31 Å². The normalized spacial score (nSPS) is 32.3. The van der Waals surface area contributed by atoms with Crippen LogP contribution in [-0.4, -0.2) is 43.9 Å². The Balaban J connectivity index is 1.95. The van der Waals surface area contributed by atoms with Crippen molar-refractivity contribution in [3.8, 4) is 0 Å². The predicted octanol–water partition coefficient (Wildman–Crippen LogP) is 1.47. The molecule has 20 heavy (non-hydrogen) atoms. The van der Waals surface area contributed by atoms with Gasteiger partial charge in [-0.05, 0) is 31.6 Å². The van der Waals surface area contributed by atoms with Crippen molar-refractivity contribution < 1.29 is 8.42 Å². The molecular formula is C14H29N3O2S. The molecule has 1 saturated carbocycles. The highest BCUT2D eigenvalue weighted by Crippen LogP contribution is 2.28. The number of nitrogens with one attached hydrogen (secondary N) is 2. The lowest BCUT2D eigenvalue weighted by Gasteiger charge is -2.39. The molecule has 2 aliphatic rings. The van der Waals surface area contributed by atoms with Crippen LogP contribution in [0.25, 0.3) is 0 Å². The topological polar surface area (TPSA) is 61.4 Å². The van der Waals surface area contributed by atoms with Gasteiger partial charge in [0, 0.05) is 31.2 Å². The number of rotatable bonds is 6. The lowest BCUT2D eigenvalue weighted by atomic mass is 9.83. The molecule has 2 fully saturated rings. The van der Waals surface area contributed by atoms with Gasteiger partial charge in [0.05, 0.1) is 0 Å². The monoisotopic (exact) mass is 303 g/mol. The second-order valence-electron chi connectivity index (χ2n) is 6.72. The molecule has 0 aromatic rings. The first-order valence-corrected chi connectivity index (χ1v) is 9.35. The van der Waals surface area contributed by atoms with Crippen LogP contribution < -0.4 is 10.0 Å². The van der Waals surface area contributed by atoms with Gasteiger partial charge >= 0.3 is 0 Å². The van der Waals surface area contributed by atoms with Gasteiger partial charge in [0.1, 0.15) is 0 Å². The molecule has 1 saturated heterocycles. The SMILES string of the molecule is CC1CC(NS(=O)(=O)N2CCCCC2CNC(C)C)C1. The fraction of sp³-hybridized carbons (Fsp3) is 1.00. The maximum absolute atomic E-state index is 12.5. The molecule has 1 aliphatic carbocycles. The van der Waals surface area contributed by atoms with Crippen LogP contribution in [0, 0.1) is 5.92 Å². The van der Waals surface area contributed by atoms with E-state index >= 15 is 0 Å². The van der Waals surface area contributed by atoms with Crippen molar-refractivity contribution in [2.24, 2.45) is 5.92 Å². The van der Waals surface area contributed by atoms with Crippen LogP contribution in [0.4, 0.5) is 0 Å². The van der Waals surface area contributed by atoms with Gasteiger partial charge in [0.2, 0.25) is 0 Å². The van der Waals surface area contributed by atoms with Gasteiger partial charge in [-0.15, -0.1) is 0 Å². The quantitative estimate of drug-likeness (QED) is 0.781. The smallest absolute Gasteiger partial charge is 0.279 e. The number of piperidine rings is 1. The van der Waals surface area contributed by atoms with Crippen molar-refractivity contribution in [3.63, 3.8) is 0 Å². The third-order valence-corrected chi connectivity index (χ3v) is 6.06. The zero-order valence-corrected chi connectivity index (χ0v) is 13.7. The first kappa shape index (κ1) is 16.2. The van der Waals surface area contributed by atoms with Crippen LogP contribution in [0.2, 0.25) is 0 Å². The highest BCUT2D eigenvalue weighted by atomic mass is 32.2. The molecular weight excluding hydrogens is 274 g/mol. The molecule has 1 aliphatic heterocycles. The molecule has 0 amide bonds. The second-order valence-corrected chi connectivity index (χ2v) is 8.37. The van der Waals surface area contributed by atoms with E-state index in [4.69, 9.17) is 0 Å².